The molecule has 0 saturated heterocycles. The first-order valence-electron chi connectivity index (χ1n) is 6.90. The fourth-order valence-corrected chi connectivity index (χ4v) is 2.07. The Morgan fingerprint density at radius 2 is 1.85 bits per heavy atom. The molecular formula is C17H21NO2. The fraction of sp³-hybridized carbons (Fsp3) is 0.294. The third-order valence-corrected chi connectivity index (χ3v) is 3.20. The highest BCUT2D eigenvalue weighted by Crippen LogP contribution is 2.32. The van der Waals surface area contributed by atoms with E-state index in [4.69, 9.17) is 15.2 Å². The highest BCUT2D eigenvalue weighted by Gasteiger charge is 2.07. The number of hydrogen-bond acceptors (Lipinski definition) is 3. The monoisotopic (exact) mass is 271 g/mol. The van der Waals surface area contributed by atoms with Gasteiger partial charge >= 0.3 is 0 Å². The molecule has 0 amide bonds. The molecule has 0 aliphatic rings. The van der Waals surface area contributed by atoms with Gasteiger partial charge in [-0.3, -0.25) is 0 Å². The van der Waals surface area contributed by atoms with Gasteiger partial charge in [-0.15, -0.1) is 0 Å². The predicted molar refractivity (Wildman–Crippen MR) is 81.6 cm³/mol. The summed E-state index contributed by atoms with van der Waals surface area (Å²) in [5.74, 6) is 2.29. The molecule has 0 fully saturated rings. The number of ether oxygens (including phenoxy) is 2. The van der Waals surface area contributed by atoms with E-state index in [-0.39, 0.29) is 0 Å². The Labute approximate surface area is 120 Å². The maximum absolute atomic E-state index is 5.92. The van der Waals surface area contributed by atoms with Crippen LogP contribution in [0.4, 0.5) is 0 Å². The van der Waals surface area contributed by atoms with Gasteiger partial charge in [0.1, 0.15) is 5.75 Å². The van der Waals surface area contributed by atoms with E-state index in [9.17, 15) is 0 Å². The molecule has 0 aliphatic heterocycles. The molecule has 20 heavy (non-hydrogen) atoms. The van der Waals surface area contributed by atoms with E-state index in [1.807, 2.05) is 30.3 Å². The lowest BCUT2D eigenvalue weighted by Gasteiger charge is -2.12. The molecule has 106 valence electrons. The van der Waals surface area contributed by atoms with Crippen LogP contribution in [0, 0.1) is 0 Å². The highest BCUT2D eigenvalue weighted by molar-refractivity contribution is 5.45. The number of benzene rings is 2. The van der Waals surface area contributed by atoms with Crippen molar-refractivity contribution in [2.75, 3.05) is 13.7 Å². The van der Waals surface area contributed by atoms with E-state index < -0.39 is 0 Å². The molecule has 2 aromatic rings. The summed E-state index contributed by atoms with van der Waals surface area (Å²) in [5, 5.41) is 0. The standard InChI is InChI=1S/C17H21NO2/c1-3-13-7-8-16(17(12-13)19-2)20-15-6-4-5-14(11-15)9-10-18/h4-8,11-12H,3,9-10,18H2,1-2H3. The van der Waals surface area contributed by atoms with E-state index in [0.29, 0.717) is 6.54 Å². The number of aryl methyl sites for hydroxylation is 1. The number of hydrogen-bond donors (Lipinski definition) is 1. The zero-order chi connectivity index (χ0) is 14.4. The van der Waals surface area contributed by atoms with Crippen molar-refractivity contribution in [1.29, 1.82) is 0 Å². The van der Waals surface area contributed by atoms with E-state index in [1.165, 1.54) is 11.1 Å². The Morgan fingerprint density at radius 1 is 1.00 bits per heavy atom. The zero-order valence-electron chi connectivity index (χ0n) is 12.1. The van der Waals surface area contributed by atoms with Crippen LogP contribution in [0.5, 0.6) is 17.2 Å². The van der Waals surface area contributed by atoms with Gasteiger partial charge in [-0.05, 0) is 54.8 Å². The average molecular weight is 271 g/mol. The van der Waals surface area contributed by atoms with E-state index in [0.717, 1.165) is 30.1 Å². The summed E-state index contributed by atoms with van der Waals surface area (Å²) in [6.07, 6.45) is 1.83. The summed E-state index contributed by atoms with van der Waals surface area (Å²) in [5.41, 5.74) is 7.98. The Bertz CT molecular complexity index is 567. The lowest BCUT2D eigenvalue weighted by molar-refractivity contribution is 0.378. The first-order valence-corrected chi connectivity index (χ1v) is 6.90. The van der Waals surface area contributed by atoms with Gasteiger partial charge in [0.05, 0.1) is 7.11 Å². The molecule has 0 aromatic heterocycles. The number of nitrogens with two attached hydrogens (primary N) is 1. The molecule has 0 spiro atoms. The zero-order valence-corrected chi connectivity index (χ0v) is 12.1. The van der Waals surface area contributed by atoms with Gasteiger partial charge in [-0.25, -0.2) is 0 Å². The molecule has 0 radical (unpaired) electrons. The fourth-order valence-electron chi connectivity index (χ4n) is 2.07. The molecular weight excluding hydrogens is 250 g/mol. The van der Waals surface area contributed by atoms with E-state index >= 15 is 0 Å². The Kier molecular flexibility index (Phi) is 5.02. The lowest BCUT2D eigenvalue weighted by Crippen LogP contribution is -2.02. The first kappa shape index (κ1) is 14.4. The van der Waals surface area contributed by atoms with Gasteiger partial charge in [-0.1, -0.05) is 25.1 Å². The van der Waals surface area contributed by atoms with Gasteiger partial charge in [0, 0.05) is 0 Å². The number of methoxy groups -OCH3 is 1. The molecule has 2 N–H and O–H groups in total. The highest BCUT2D eigenvalue weighted by atomic mass is 16.5. The van der Waals surface area contributed by atoms with Crippen LogP contribution in [0.25, 0.3) is 0 Å². The van der Waals surface area contributed by atoms with Gasteiger partial charge < -0.3 is 15.2 Å². The average Bonchev–Trinajstić information content (AvgIpc) is 2.48. The summed E-state index contributed by atoms with van der Waals surface area (Å²) in [6, 6.07) is 14.0. The second kappa shape index (κ2) is 6.96. The molecule has 0 unspecified atom stereocenters. The summed E-state index contributed by atoms with van der Waals surface area (Å²) < 4.78 is 11.3. The topological polar surface area (TPSA) is 44.5 Å². The Morgan fingerprint density at radius 3 is 2.55 bits per heavy atom. The minimum Gasteiger partial charge on any atom is -0.493 e. The van der Waals surface area contributed by atoms with Crippen LogP contribution in [0.3, 0.4) is 0 Å². The Hall–Kier alpha value is -2.00. The van der Waals surface area contributed by atoms with Crippen LogP contribution >= 0.6 is 0 Å². The van der Waals surface area contributed by atoms with Crippen molar-refractivity contribution in [2.24, 2.45) is 5.73 Å². The Balaban J connectivity index is 2.22. The second-order valence-corrected chi connectivity index (χ2v) is 4.63. The second-order valence-electron chi connectivity index (χ2n) is 4.63. The minimum atomic E-state index is 0.637. The van der Waals surface area contributed by atoms with Crippen LogP contribution in [0.15, 0.2) is 42.5 Å². The van der Waals surface area contributed by atoms with Gasteiger partial charge in [0.25, 0.3) is 0 Å². The van der Waals surface area contributed by atoms with Gasteiger partial charge in [-0.2, -0.15) is 0 Å². The van der Waals surface area contributed by atoms with Crippen LogP contribution in [-0.4, -0.2) is 13.7 Å². The molecule has 0 aliphatic carbocycles. The van der Waals surface area contributed by atoms with Crippen molar-refractivity contribution in [3.63, 3.8) is 0 Å². The lowest BCUT2D eigenvalue weighted by atomic mass is 10.1. The van der Waals surface area contributed by atoms with E-state index in [1.54, 1.807) is 7.11 Å². The normalized spacial score (nSPS) is 10.3. The molecule has 0 saturated carbocycles. The maximum atomic E-state index is 5.92. The third kappa shape index (κ3) is 3.52. The van der Waals surface area contributed by atoms with Crippen molar-refractivity contribution in [3.8, 4) is 17.2 Å². The van der Waals surface area contributed by atoms with Crippen LogP contribution < -0.4 is 15.2 Å². The van der Waals surface area contributed by atoms with Crippen LogP contribution in [0.2, 0.25) is 0 Å². The molecule has 2 rings (SSSR count). The van der Waals surface area contributed by atoms with Gasteiger partial charge in [0.2, 0.25) is 0 Å². The summed E-state index contributed by atoms with van der Waals surface area (Å²) in [6.45, 7) is 2.75. The summed E-state index contributed by atoms with van der Waals surface area (Å²) in [4.78, 5) is 0. The smallest absolute Gasteiger partial charge is 0.169 e. The summed E-state index contributed by atoms with van der Waals surface area (Å²) in [7, 11) is 1.66. The molecule has 2 aromatic carbocycles. The molecule has 3 heteroatoms. The maximum Gasteiger partial charge on any atom is 0.169 e. The van der Waals surface area contributed by atoms with Gasteiger partial charge in [0.15, 0.2) is 11.5 Å². The quantitative estimate of drug-likeness (QED) is 0.873. The summed E-state index contributed by atoms with van der Waals surface area (Å²) >= 11 is 0. The van der Waals surface area contributed by atoms with Crippen molar-refractivity contribution < 1.29 is 9.47 Å². The largest absolute Gasteiger partial charge is 0.493 e. The first-order chi connectivity index (χ1) is 9.76. The SMILES string of the molecule is CCc1ccc(Oc2cccc(CCN)c2)c(OC)c1. The minimum absolute atomic E-state index is 0.637. The third-order valence-electron chi connectivity index (χ3n) is 3.20. The molecule has 0 atom stereocenters. The van der Waals surface area contributed by atoms with Crippen LogP contribution in [0.1, 0.15) is 18.1 Å². The molecule has 3 nitrogen and oxygen atoms in total. The number of rotatable bonds is 6. The van der Waals surface area contributed by atoms with Crippen molar-refractivity contribution in [3.05, 3.63) is 53.6 Å². The predicted octanol–water partition coefficient (Wildman–Crippen LogP) is 3.55. The molecule has 0 bridgehead atoms. The van der Waals surface area contributed by atoms with Crippen molar-refractivity contribution in [2.45, 2.75) is 19.8 Å². The van der Waals surface area contributed by atoms with Crippen molar-refractivity contribution >= 4 is 0 Å². The molecule has 0 heterocycles. The van der Waals surface area contributed by atoms with E-state index in [2.05, 4.69) is 19.1 Å². The van der Waals surface area contributed by atoms with Crippen LogP contribution in [-0.2, 0) is 12.8 Å². The van der Waals surface area contributed by atoms with Crippen molar-refractivity contribution in [1.82, 2.24) is 0 Å².